The molecule has 1 aliphatic heterocycles. The van der Waals surface area contributed by atoms with Gasteiger partial charge in [0.2, 0.25) is 0 Å². The zero-order chi connectivity index (χ0) is 23.9. The number of methoxy groups -OCH3 is 2. The number of halogens is 1. The van der Waals surface area contributed by atoms with Gasteiger partial charge in [0.05, 0.1) is 14.2 Å². The molecule has 0 bridgehead atoms. The number of rotatable bonds is 8. The molecule has 3 aromatic rings. The van der Waals surface area contributed by atoms with Gasteiger partial charge < -0.3 is 14.8 Å². The first kappa shape index (κ1) is 23.5. The third-order valence-electron chi connectivity index (χ3n) is 6.00. The summed E-state index contributed by atoms with van der Waals surface area (Å²) in [6.07, 6.45) is 3.24. The molecule has 5 nitrogen and oxygen atoms in total. The van der Waals surface area contributed by atoms with E-state index in [-0.39, 0.29) is 11.7 Å². The Morgan fingerprint density at radius 3 is 2.47 bits per heavy atom. The van der Waals surface area contributed by atoms with Crippen molar-refractivity contribution in [3.8, 4) is 11.5 Å². The van der Waals surface area contributed by atoms with Crippen molar-refractivity contribution < 1.29 is 18.7 Å². The average molecular weight is 461 g/mol. The SMILES string of the molecule is COc1ccc(CN2CC=C(c3cccc(CNC(=O)c4ccc(F)cc4)c3)CC2)cc1OC. The van der Waals surface area contributed by atoms with Crippen LogP contribution in [0.25, 0.3) is 5.57 Å². The van der Waals surface area contributed by atoms with Crippen molar-refractivity contribution in [3.05, 3.63) is 101 Å². The Kier molecular flexibility index (Phi) is 7.60. The van der Waals surface area contributed by atoms with Gasteiger partial charge in [-0.25, -0.2) is 4.39 Å². The van der Waals surface area contributed by atoms with Gasteiger partial charge in [-0.1, -0.05) is 30.3 Å². The van der Waals surface area contributed by atoms with Crippen LogP contribution in [0, 0.1) is 5.82 Å². The first-order valence-corrected chi connectivity index (χ1v) is 11.3. The number of carbonyl (C=O) groups is 1. The normalized spacial score (nSPS) is 13.8. The van der Waals surface area contributed by atoms with Crippen molar-refractivity contribution in [1.82, 2.24) is 10.2 Å². The van der Waals surface area contributed by atoms with Crippen LogP contribution in [0.4, 0.5) is 4.39 Å². The Morgan fingerprint density at radius 1 is 0.971 bits per heavy atom. The molecule has 0 saturated carbocycles. The number of nitrogens with one attached hydrogen (secondary N) is 1. The third-order valence-corrected chi connectivity index (χ3v) is 6.00. The monoisotopic (exact) mass is 460 g/mol. The fourth-order valence-corrected chi connectivity index (χ4v) is 4.12. The lowest BCUT2D eigenvalue weighted by atomic mass is 9.97. The summed E-state index contributed by atoms with van der Waals surface area (Å²) in [6.45, 7) is 3.10. The van der Waals surface area contributed by atoms with E-state index in [4.69, 9.17) is 9.47 Å². The number of hydrogen-bond acceptors (Lipinski definition) is 4. The lowest BCUT2D eigenvalue weighted by Gasteiger charge is -2.27. The lowest BCUT2D eigenvalue weighted by molar-refractivity contribution is 0.0951. The van der Waals surface area contributed by atoms with Gasteiger partial charge >= 0.3 is 0 Å². The highest BCUT2D eigenvalue weighted by atomic mass is 19.1. The third kappa shape index (κ3) is 5.83. The minimum absolute atomic E-state index is 0.215. The quantitative estimate of drug-likeness (QED) is 0.510. The summed E-state index contributed by atoms with van der Waals surface area (Å²) in [6, 6.07) is 19.9. The zero-order valence-corrected chi connectivity index (χ0v) is 19.5. The van der Waals surface area contributed by atoms with Gasteiger partial charge in [-0.15, -0.1) is 0 Å². The summed E-state index contributed by atoms with van der Waals surface area (Å²) >= 11 is 0. The van der Waals surface area contributed by atoms with Crippen LogP contribution in [0.3, 0.4) is 0 Å². The van der Waals surface area contributed by atoms with E-state index in [9.17, 15) is 9.18 Å². The fourth-order valence-electron chi connectivity index (χ4n) is 4.12. The maximum atomic E-state index is 13.1. The summed E-state index contributed by atoms with van der Waals surface area (Å²) in [5.74, 6) is 0.915. The van der Waals surface area contributed by atoms with Crippen molar-refractivity contribution >= 4 is 11.5 Å². The van der Waals surface area contributed by atoms with Gasteiger partial charge in [0.25, 0.3) is 5.91 Å². The molecular weight excluding hydrogens is 431 g/mol. The Balaban J connectivity index is 1.35. The Labute approximate surface area is 199 Å². The second-order valence-electron chi connectivity index (χ2n) is 8.29. The molecule has 0 unspecified atom stereocenters. The summed E-state index contributed by atoms with van der Waals surface area (Å²) in [4.78, 5) is 14.7. The number of carbonyl (C=O) groups excluding carboxylic acids is 1. The van der Waals surface area contributed by atoms with Crippen LogP contribution in [0.2, 0.25) is 0 Å². The maximum absolute atomic E-state index is 13.1. The van der Waals surface area contributed by atoms with E-state index in [1.54, 1.807) is 14.2 Å². The first-order valence-electron chi connectivity index (χ1n) is 11.3. The van der Waals surface area contributed by atoms with Crippen molar-refractivity contribution in [2.45, 2.75) is 19.5 Å². The molecule has 1 amide bonds. The molecule has 0 spiro atoms. The van der Waals surface area contributed by atoms with Crippen LogP contribution in [0.5, 0.6) is 11.5 Å². The van der Waals surface area contributed by atoms with E-state index in [0.29, 0.717) is 12.1 Å². The first-order chi connectivity index (χ1) is 16.6. The lowest BCUT2D eigenvalue weighted by Crippen LogP contribution is -2.28. The maximum Gasteiger partial charge on any atom is 0.251 e. The largest absolute Gasteiger partial charge is 0.493 e. The van der Waals surface area contributed by atoms with Gasteiger partial charge in [-0.05, 0) is 71.1 Å². The van der Waals surface area contributed by atoms with Crippen LogP contribution in [-0.2, 0) is 13.1 Å². The highest BCUT2D eigenvalue weighted by Gasteiger charge is 2.15. The molecule has 0 aromatic heterocycles. The predicted molar refractivity (Wildman–Crippen MR) is 131 cm³/mol. The summed E-state index contributed by atoms with van der Waals surface area (Å²) in [5.41, 5.74) is 5.16. The van der Waals surface area contributed by atoms with E-state index >= 15 is 0 Å². The number of benzene rings is 3. The van der Waals surface area contributed by atoms with Gasteiger partial charge in [-0.2, -0.15) is 0 Å². The highest BCUT2D eigenvalue weighted by Crippen LogP contribution is 2.29. The van der Waals surface area contributed by atoms with E-state index in [0.717, 1.165) is 43.1 Å². The number of ether oxygens (including phenoxy) is 2. The second kappa shape index (κ2) is 11.0. The molecule has 0 saturated heterocycles. The summed E-state index contributed by atoms with van der Waals surface area (Å²) in [5, 5.41) is 2.91. The summed E-state index contributed by atoms with van der Waals surface area (Å²) in [7, 11) is 3.29. The molecular formula is C28H29FN2O3. The van der Waals surface area contributed by atoms with Crippen LogP contribution in [0.15, 0.2) is 72.8 Å². The Morgan fingerprint density at radius 2 is 1.76 bits per heavy atom. The molecule has 34 heavy (non-hydrogen) atoms. The molecule has 3 aromatic carbocycles. The highest BCUT2D eigenvalue weighted by molar-refractivity contribution is 5.94. The molecule has 1 aliphatic rings. The van der Waals surface area contributed by atoms with Crippen LogP contribution < -0.4 is 14.8 Å². The van der Waals surface area contributed by atoms with E-state index < -0.39 is 0 Å². The molecule has 4 rings (SSSR count). The van der Waals surface area contributed by atoms with Crippen LogP contribution >= 0.6 is 0 Å². The molecule has 0 aliphatic carbocycles. The fraction of sp³-hybridized carbons (Fsp3) is 0.250. The van der Waals surface area contributed by atoms with Crippen molar-refractivity contribution in [1.29, 1.82) is 0 Å². The Bertz CT molecular complexity index is 1170. The molecule has 0 atom stereocenters. The van der Waals surface area contributed by atoms with Crippen LogP contribution in [0.1, 0.15) is 33.5 Å². The van der Waals surface area contributed by atoms with Gasteiger partial charge in [0.15, 0.2) is 11.5 Å². The van der Waals surface area contributed by atoms with E-state index in [1.165, 1.54) is 41.0 Å². The standard InChI is InChI=1S/C28H29FN2O3/c1-33-26-11-6-21(17-27(26)34-2)19-31-14-12-22(13-15-31)24-5-3-4-20(16-24)18-30-28(32)23-7-9-25(29)10-8-23/h3-12,16-17H,13-15,18-19H2,1-2H3,(H,30,32). The van der Waals surface area contributed by atoms with Gasteiger partial charge in [0, 0.05) is 31.7 Å². The molecule has 0 radical (unpaired) electrons. The van der Waals surface area contributed by atoms with Crippen LogP contribution in [-0.4, -0.2) is 38.1 Å². The molecule has 1 N–H and O–H groups in total. The van der Waals surface area contributed by atoms with Gasteiger partial charge in [-0.3, -0.25) is 9.69 Å². The van der Waals surface area contributed by atoms with Crippen molar-refractivity contribution in [3.63, 3.8) is 0 Å². The predicted octanol–water partition coefficient (Wildman–Crippen LogP) is 5.06. The van der Waals surface area contributed by atoms with Crippen molar-refractivity contribution in [2.24, 2.45) is 0 Å². The second-order valence-corrected chi connectivity index (χ2v) is 8.29. The molecule has 6 heteroatoms. The minimum atomic E-state index is -0.354. The Hall–Kier alpha value is -3.64. The smallest absolute Gasteiger partial charge is 0.251 e. The number of nitrogens with zero attached hydrogens (tertiary/aromatic N) is 1. The average Bonchev–Trinajstić information content (AvgIpc) is 2.88. The molecule has 176 valence electrons. The summed E-state index contributed by atoms with van der Waals surface area (Å²) < 4.78 is 23.8. The van der Waals surface area contributed by atoms with Crippen molar-refractivity contribution in [2.75, 3.05) is 27.3 Å². The molecule has 1 heterocycles. The molecule has 0 fully saturated rings. The zero-order valence-electron chi connectivity index (χ0n) is 19.5. The van der Waals surface area contributed by atoms with E-state index in [1.807, 2.05) is 24.3 Å². The topological polar surface area (TPSA) is 50.8 Å². The number of amides is 1. The minimum Gasteiger partial charge on any atom is -0.493 e. The van der Waals surface area contributed by atoms with E-state index in [2.05, 4.69) is 34.5 Å². The number of hydrogen-bond donors (Lipinski definition) is 1. The van der Waals surface area contributed by atoms with Gasteiger partial charge in [0.1, 0.15) is 5.82 Å².